The Morgan fingerprint density at radius 2 is 1.95 bits per heavy atom. The largest absolute Gasteiger partial charge is 0.495 e. The summed E-state index contributed by atoms with van der Waals surface area (Å²) in [7, 11) is 1.33. The summed E-state index contributed by atoms with van der Waals surface area (Å²) < 4.78 is 6.05. The van der Waals surface area contributed by atoms with Gasteiger partial charge in [-0.05, 0) is 6.07 Å². The molecule has 114 valence electrons. The summed E-state index contributed by atoms with van der Waals surface area (Å²) >= 11 is 0. The fourth-order valence-corrected chi connectivity index (χ4v) is 1.51. The fraction of sp³-hybridized carbons (Fsp3) is 0.0909. The van der Waals surface area contributed by atoms with E-state index in [1.165, 1.54) is 31.9 Å². The summed E-state index contributed by atoms with van der Waals surface area (Å²) in [5.41, 5.74) is 1.93. The lowest BCUT2D eigenvalue weighted by Crippen LogP contribution is -2.33. The summed E-state index contributed by atoms with van der Waals surface area (Å²) in [6.07, 6.45) is 2.36. The Bertz CT molecular complexity index is 714. The number of carbonyl (C=O) groups is 2. The minimum absolute atomic E-state index is 0.000561. The maximum Gasteiger partial charge on any atom is 0.328 e. The first-order valence-electron chi connectivity index (χ1n) is 5.80. The van der Waals surface area contributed by atoms with Crippen LogP contribution in [0.1, 0.15) is 0 Å². The molecular weight excluding hydrogens is 296 g/mol. The van der Waals surface area contributed by atoms with Crippen LogP contribution in [0.5, 0.6) is 5.75 Å². The Labute approximate surface area is 123 Å². The van der Waals surface area contributed by atoms with E-state index in [0.717, 1.165) is 10.7 Å². The van der Waals surface area contributed by atoms with Gasteiger partial charge in [0.25, 0.3) is 5.69 Å². The molecule has 11 nitrogen and oxygen atoms in total. The summed E-state index contributed by atoms with van der Waals surface area (Å²) in [5, 5.41) is 19.9. The summed E-state index contributed by atoms with van der Waals surface area (Å²) in [5.74, 6) is -1.86. The van der Waals surface area contributed by atoms with Gasteiger partial charge in [-0.2, -0.15) is 0 Å². The van der Waals surface area contributed by atoms with E-state index in [2.05, 4.69) is 20.9 Å². The van der Waals surface area contributed by atoms with Crippen molar-refractivity contribution in [3.63, 3.8) is 0 Å². The predicted molar refractivity (Wildman–Crippen MR) is 72.7 cm³/mol. The third-order valence-electron chi connectivity index (χ3n) is 2.50. The van der Waals surface area contributed by atoms with Crippen LogP contribution in [0, 0.1) is 10.1 Å². The van der Waals surface area contributed by atoms with Gasteiger partial charge in [-0.25, -0.2) is 4.68 Å². The monoisotopic (exact) mass is 306 g/mol. The average Bonchev–Trinajstić information content (AvgIpc) is 2.99. The first kappa shape index (κ1) is 14.9. The number of rotatable bonds is 4. The topological polar surface area (TPSA) is 141 Å². The molecule has 0 saturated carbocycles. The van der Waals surface area contributed by atoms with E-state index in [1.54, 1.807) is 0 Å². The molecule has 1 aromatic heterocycles. The number of hydrogen-bond acceptors (Lipinski definition) is 7. The molecule has 0 unspecified atom stereocenters. The van der Waals surface area contributed by atoms with Crippen molar-refractivity contribution in [1.29, 1.82) is 0 Å². The quantitative estimate of drug-likeness (QED) is 0.456. The highest BCUT2D eigenvalue weighted by atomic mass is 16.6. The summed E-state index contributed by atoms with van der Waals surface area (Å²) in [6, 6.07) is 3.61. The van der Waals surface area contributed by atoms with Crippen molar-refractivity contribution in [1.82, 2.24) is 14.9 Å². The number of non-ortho nitro benzene ring substituents is 1. The third kappa shape index (κ3) is 3.33. The zero-order chi connectivity index (χ0) is 16.1. The lowest BCUT2D eigenvalue weighted by atomic mass is 10.2. The Kier molecular flexibility index (Phi) is 4.27. The van der Waals surface area contributed by atoms with E-state index < -0.39 is 16.7 Å². The van der Waals surface area contributed by atoms with E-state index in [9.17, 15) is 19.7 Å². The number of hydrogen-bond donors (Lipinski definition) is 2. The van der Waals surface area contributed by atoms with Gasteiger partial charge >= 0.3 is 11.8 Å². The Balaban J connectivity index is 2.14. The Morgan fingerprint density at radius 3 is 2.55 bits per heavy atom. The molecular formula is C11H10N6O5. The van der Waals surface area contributed by atoms with Crippen LogP contribution in [0.15, 0.2) is 30.9 Å². The van der Waals surface area contributed by atoms with E-state index in [0.29, 0.717) is 0 Å². The maximum atomic E-state index is 11.8. The van der Waals surface area contributed by atoms with Gasteiger partial charge in [0, 0.05) is 12.1 Å². The third-order valence-corrected chi connectivity index (χ3v) is 2.50. The smallest absolute Gasteiger partial charge is 0.328 e. The number of amides is 2. The zero-order valence-corrected chi connectivity index (χ0v) is 11.2. The molecule has 2 amide bonds. The number of carbonyl (C=O) groups excluding carboxylic acids is 2. The summed E-state index contributed by atoms with van der Waals surface area (Å²) in [6.45, 7) is 0. The summed E-state index contributed by atoms with van der Waals surface area (Å²) in [4.78, 5) is 33.6. The minimum atomic E-state index is -1.03. The lowest BCUT2D eigenvalue weighted by molar-refractivity contribution is -0.384. The highest BCUT2D eigenvalue weighted by molar-refractivity contribution is 6.42. The van der Waals surface area contributed by atoms with E-state index in [1.807, 2.05) is 0 Å². The number of nitrogens with zero attached hydrogens (tertiary/aromatic N) is 4. The molecule has 2 rings (SSSR count). The van der Waals surface area contributed by atoms with E-state index in [-0.39, 0.29) is 17.1 Å². The number of anilines is 1. The molecule has 1 heterocycles. The number of benzene rings is 1. The van der Waals surface area contributed by atoms with Gasteiger partial charge in [0.05, 0.1) is 17.7 Å². The fourth-order valence-electron chi connectivity index (χ4n) is 1.51. The maximum absolute atomic E-state index is 11.8. The van der Waals surface area contributed by atoms with Gasteiger partial charge < -0.3 is 10.1 Å². The molecule has 0 aliphatic carbocycles. The second-order valence-electron chi connectivity index (χ2n) is 3.91. The molecule has 0 aliphatic rings. The van der Waals surface area contributed by atoms with Gasteiger partial charge in [0.2, 0.25) is 0 Å². The molecule has 2 N–H and O–H groups in total. The molecule has 0 aliphatic heterocycles. The van der Waals surface area contributed by atoms with Crippen LogP contribution in [-0.2, 0) is 9.59 Å². The van der Waals surface area contributed by atoms with Crippen LogP contribution in [0.3, 0.4) is 0 Å². The molecule has 2 aromatic rings. The Hall–Kier alpha value is -3.50. The van der Waals surface area contributed by atoms with Crippen LogP contribution < -0.4 is 15.5 Å². The molecule has 0 radical (unpaired) electrons. The predicted octanol–water partition coefficient (Wildman–Crippen LogP) is -0.0963. The number of methoxy groups -OCH3 is 1. The normalized spacial score (nSPS) is 9.86. The van der Waals surface area contributed by atoms with Crippen LogP contribution in [0.25, 0.3) is 0 Å². The number of aromatic nitrogens is 3. The number of nitrogens with one attached hydrogen (secondary N) is 2. The van der Waals surface area contributed by atoms with Crippen molar-refractivity contribution in [2.75, 3.05) is 17.9 Å². The van der Waals surface area contributed by atoms with Crippen LogP contribution in [0.2, 0.25) is 0 Å². The van der Waals surface area contributed by atoms with Crippen molar-refractivity contribution in [2.45, 2.75) is 0 Å². The average molecular weight is 306 g/mol. The van der Waals surface area contributed by atoms with Gasteiger partial charge in [-0.3, -0.25) is 25.1 Å². The SMILES string of the molecule is COc1ccc([N+](=O)[O-])cc1NC(=O)C(=O)Nn1cnnc1. The van der Waals surface area contributed by atoms with Gasteiger partial charge in [-0.1, -0.05) is 0 Å². The van der Waals surface area contributed by atoms with Crippen molar-refractivity contribution >= 4 is 23.2 Å². The molecule has 0 spiro atoms. The second kappa shape index (κ2) is 6.30. The molecule has 0 bridgehead atoms. The zero-order valence-electron chi connectivity index (χ0n) is 11.2. The highest BCUT2D eigenvalue weighted by Crippen LogP contribution is 2.28. The molecule has 22 heavy (non-hydrogen) atoms. The van der Waals surface area contributed by atoms with Crippen LogP contribution >= 0.6 is 0 Å². The second-order valence-corrected chi connectivity index (χ2v) is 3.91. The standard InChI is InChI=1S/C11H10N6O5/c1-22-9-3-2-7(17(20)21)4-8(9)14-10(18)11(19)15-16-5-12-13-6-16/h2-6H,1H3,(H,14,18)(H,15,19). The van der Waals surface area contributed by atoms with Crippen molar-refractivity contribution in [3.05, 3.63) is 41.0 Å². The number of nitro groups is 1. The van der Waals surface area contributed by atoms with Gasteiger partial charge in [0.15, 0.2) is 0 Å². The first-order valence-corrected chi connectivity index (χ1v) is 5.80. The number of nitro benzene ring substituents is 1. The van der Waals surface area contributed by atoms with Gasteiger partial charge in [0.1, 0.15) is 18.4 Å². The van der Waals surface area contributed by atoms with Crippen molar-refractivity contribution in [3.8, 4) is 5.75 Å². The minimum Gasteiger partial charge on any atom is -0.495 e. The molecule has 1 aromatic carbocycles. The highest BCUT2D eigenvalue weighted by Gasteiger charge is 2.18. The van der Waals surface area contributed by atoms with Crippen molar-refractivity contribution in [2.24, 2.45) is 0 Å². The molecule has 0 saturated heterocycles. The van der Waals surface area contributed by atoms with Gasteiger partial charge in [-0.15, -0.1) is 10.2 Å². The van der Waals surface area contributed by atoms with E-state index >= 15 is 0 Å². The molecule has 11 heteroatoms. The van der Waals surface area contributed by atoms with Crippen LogP contribution in [0.4, 0.5) is 11.4 Å². The van der Waals surface area contributed by atoms with Crippen molar-refractivity contribution < 1.29 is 19.2 Å². The van der Waals surface area contributed by atoms with Crippen LogP contribution in [-0.4, -0.2) is 38.7 Å². The lowest BCUT2D eigenvalue weighted by Gasteiger charge is -2.10. The number of ether oxygens (including phenoxy) is 1. The Morgan fingerprint density at radius 1 is 1.27 bits per heavy atom. The van der Waals surface area contributed by atoms with E-state index in [4.69, 9.17) is 4.74 Å². The first-order chi connectivity index (χ1) is 10.5. The molecule has 0 fully saturated rings. The molecule has 0 atom stereocenters.